The summed E-state index contributed by atoms with van der Waals surface area (Å²) < 4.78 is 27.2. The number of amides is 1. The number of carbonyl (C=O) groups excluding carboxylic acids is 1. The number of benzene rings is 3. The van der Waals surface area contributed by atoms with Crippen molar-refractivity contribution in [3.63, 3.8) is 0 Å². The van der Waals surface area contributed by atoms with Gasteiger partial charge in [-0.15, -0.1) is 0 Å². The van der Waals surface area contributed by atoms with Crippen molar-refractivity contribution < 1.29 is 13.6 Å². The molecule has 5 rings (SSSR count). The Kier molecular flexibility index (Phi) is 5.02. The molecule has 0 bridgehead atoms. The highest BCUT2D eigenvalue weighted by molar-refractivity contribution is 6.11. The van der Waals surface area contributed by atoms with Crippen molar-refractivity contribution in [2.24, 2.45) is 0 Å². The minimum atomic E-state index is -1.19. The molecule has 0 aliphatic heterocycles. The van der Waals surface area contributed by atoms with E-state index in [4.69, 9.17) is 0 Å². The summed E-state index contributed by atoms with van der Waals surface area (Å²) in [5.41, 5.74) is 1.76. The minimum absolute atomic E-state index is 0.211. The number of carbonyl (C=O) groups is 1. The van der Waals surface area contributed by atoms with Gasteiger partial charge >= 0.3 is 0 Å². The zero-order valence-electron chi connectivity index (χ0n) is 17.0. The van der Waals surface area contributed by atoms with E-state index in [1.165, 1.54) is 12.1 Å². The first-order valence-corrected chi connectivity index (χ1v) is 10.0. The summed E-state index contributed by atoms with van der Waals surface area (Å²) in [5, 5.41) is 7.96. The molecule has 6 nitrogen and oxygen atoms in total. The predicted molar refractivity (Wildman–Crippen MR) is 124 cm³/mol. The van der Waals surface area contributed by atoms with Crippen LogP contribution in [0.3, 0.4) is 0 Å². The van der Waals surface area contributed by atoms with Crippen LogP contribution < -0.4 is 16.2 Å². The predicted octanol–water partition coefficient (Wildman–Crippen LogP) is 5.35. The SMILES string of the molecule is O=C(Nc1ccc(Nc2ccnc3[nH]c(=O)c4ccccc4c23)cc1)c1cccc(F)c1F. The van der Waals surface area contributed by atoms with Gasteiger partial charge in [-0.25, -0.2) is 13.8 Å². The quantitative estimate of drug-likeness (QED) is 0.328. The van der Waals surface area contributed by atoms with Crippen molar-refractivity contribution in [2.45, 2.75) is 0 Å². The van der Waals surface area contributed by atoms with Gasteiger partial charge < -0.3 is 15.6 Å². The highest BCUT2D eigenvalue weighted by Gasteiger charge is 2.15. The fraction of sp³-hybridized carbons (Fsp3) is 0. The third kappa shape index (κ3) is 3.78. The molecule has 1 amide bonds. The van der Waals surface area contributed by atoms with Crippen LogP contribution in [0.5, 0.6) is 0 Å². The van der Waals surface area contributed by atoms with Gasteiger partial charge in [0.2, 0.25) is 0 Å². The minimum Gasteiger partial charge on any atom is -0.355 e. The number of nitrogens with one attached hydrogen (secondary N) is 3. The number of halogens is 2. The van der Waals surface area contributed by atoms with E-state index in [0.29, 0.717) is 22.4 Å². The molecule has 3 N–H and O–H groups in total. The molecule has 0 spiro atoms. The number of anilines is 3. The fourth-order valence-electron chi connectivity index (χ4n) is 3.68. The van der Waals surface area contributed by atoms with E-state index in [0.717, 1.165) is 22.5 Å². The van der Waals surface area contributed by atoms with Crippen LogP contribution in [0.2, 0.25) is 0 Å². The molecule has 0 saturated carbocycles. The van der Waals surface area contributed by atoms with Crippen molar-refractivity contribution in [3.05, 3.63) is 107 Å². The van der Waals surface area contributed by atoms with Crippen LogP contribution >= 0.6 is 0 Å². The molecule has 5 aromatic rings. The maximum Gasteiger partial charge on any atom is 0.258 e. The van der Waals surface area contributed by atoms with Crippen LogP contribution in [0.1, 0.15) is 10.4 Å². The third-order valence-corrected chi connectivity index (χ3v) is 5.24. The summed E-state index contributed by atoms with van der Waals surface area (Å²) in [6, 6.07) is 19.3. The Balaban J connectivity index is 1.43. The number of hydrogen-bond donors (Lipinski definition) is 3. The van der Waals surface area contributed by atoms with Crippen molar-refractivity contribution in [1.29, 1.82) is 0 Å². The molecule has 3 aromatic carbocycles. The van der Waals surface area contributed by atoms with Gasteiger partial charge in [-0.1, -0.05) is 24.3 Å². The molecule has 0 aliphatic carbocycles. The highest BCUT2D eigenvalue weighted by atomic mass is 19.2. The second-order valence-corrected chi connectivity index (χ2v) is 7.34. The molecule has 0 fully saturated rings. The molecule has 0 saturated heterocycles. The van der Waals surface area contributed by atoms with Crippen molar-refractivity contribution in [1.82, 2.24) is 9.97 Å². The Morgan fingerprint density at radius 1 is 0.848 bits per heavy atom. The standard InChI is InChI=1S/C25H16F2N4O2/c26-19-7-3-6-18(22(19)27)25(33)30-15-10-8-14(9-11-15)29-20-12-13-28-23-21(20)16-4-1-2-5-17(16)24(32)31-23/h1-13H,(H,30,33)(H2,28,29,31,32). The number of pyridine rings is 2. The maximum atomic E-state index is 13.9. The lowest BCUT2D eigenvalue weighted by atomic mass is 10.1. The van der Waals surface area contributed by atoms with Crippen LogP contribution in [0.15, 0.2) is 83.8 Å². The van der Waals surface area contributed by atoms with Crippen molar-refractivity contribution in [3.8, 4) is 0 Å². The van der Waals surface area contributed by atoms with E-state index in [9.17, 15) is 18.4 Å². The van der Waals surface area contributed by atoms with Crippen LogP contribution in [0.25, 0.3) is 21.8 Å². The van der Waals surface area contributed by atoms with Gasteiger partial charge in [0.1, 0.15) is 5.65 Å². The molecular formula is C25H16F2N4O2. The average molecular weight is 442 g/mol. The number of aromatic nitrogens is 2. The number of nitrogens with zero attached hydrogens (tertiary/aromatic N) is 1. The van der Waals surface area contributed by atoms with E-state index in [1.807, 2.05) is 12.1 Å². The van der Waals surface area contributed by atoms with Gasteiger partial charge in [-0.3, -0.25) is 9.59 Å². The number of aromatic amines is 1. The summed E-state index contributed by atoms with van der Waals surface area (Å²) in [7, 11) is 0. The molecule has 0 aliphatic rings. The largest absolute Gasteiger partial charge is 0.355 e. The monoisotopic (exact) mass is 442 g/mol. The molecule has 33 heavy (non-hydrogen) atoms. The Labute approximate surface area is 185 Å². The lowest BCUT2D eigenvalue weighted by molar-refractivity contribution is 0.102. The van der Waals surface area contributed by atoms with E-state index < -0.39 is 17.5 Å². The lowest BCUT2D eigenvalue weighted by Gasteiger charge is -2.12. The van der Waals surface area contributed by atoms with Gasteiger partial charge in [-0.2, -0.15) is 0 Å². The molecular weight excluding hydrogens is 426 g/mol. The third-order valence-electron chi connectivity index (χ3n) is 5.24. The van der Waals surface area contributed by atoms with Crippen molar-refractivity contribution in [2.75, 3.05) is 10.6 Å². The molecule has 162 valence electrons. The first-order valence-electron chi connectivity index (χ1n) is 10.0. The number of fused-ring (bicyclic) bond motifs is 3. The Hall–Kier alpha value is -4.59. The Bertz CT molecular complexity index is 1580. The highest BCUT2D eigenvalue weighted by Crippen LogP contribution is 2.29. The molecule has 0 atom stereocenters. The molecule has 0 radical (unpaired) electrons. The van der Waals surface area contributed by atoms with Gasteiger partial charge in [-0.05, 0) is 48.5 Å². The number of rotatable bonds is 4. The van der Waals surface area contributed by atoms with Crippen LogP contribution in [-0.4, -0.2) is 15.9 Å². The second kappa shape index (κ2) is 8.16. The van der Waals surface area contributed by atoms with Crippen molar-refractivity contribution >= 4 is 44.8 Å². The van der Waals surface area contributed by atoms with Crippen LogP contribution in [0.4, 0.5) is 25.8 Å². The first-order chi connectivity index (χ1) is 16.0. The average Bonchev–Trinajstić information content (AvgIpc) is 2.82. The molecule has 0 unspecified atom stereocenters. The summed E-state index contributed by atoms with van der Waals surface area (Å²) in [4.78, 5) is 31.7. The normalized spacial score (nSPS) is 11.0. The zero-order valence-corrected chi connectivity index (χ0v) is 17.0. The molecule has 8 heteroatoms. The van der Waals surface area contributed by atoms with Gasteiger partial charge in [0, 0.05) is 33.7 Å². The smallest absolute Gasteiger partial charge is 0.258 e. The van der Waals surface area contributed by atoms with Crippen LogP contribution in [0, 0.1) is 11.6 Å². The van der Waals surface area contributed by atoms with E-state index in [1.54, 1.807) is 48.7 Å². The van der Waals surface area contributed by atoms with E-state index in [-0.39, 0.29) is 11.1 Å². The Morgan fingerprint density at radius 2 is 1.58 bits per heavy atom. The fourth-order valence-corrected chi connectivity index (χ4v) is 3.68. The summed E-state index contributed by atoms with van der Waals surface area (Å²) in [6.45, 7) is 0. The lowest BCUT2D eigenvalue weighted by Crippen LogP contribution is -2.14. The van der Waals surface area contributed by atoms with E-state index >= 15 is 0 Å². The number of H-pyrrole nitrogens is 1. The molecule has 2 heterocycles. The molecule has 2 aromatic heterocycles. The summed E-state index contributed by atoms with van der Waals surface area (Å²) in [5.74, 6) is -3.02. The van der Waals surface area contributed by atoms with Gasteiger partial charge in [0.05, 0.1) is 11.3 Å². The van der Waals surface area contributed by atoms with Gasteiger partial charge in [0.25, 0.3) is 11.5 Å². The Morgan fingerprint density at radius 3 is 2.36 bits per heavy atom. The zero-order chi connectivity index (χ0) is 22.9. The van der Waals surface area contributed by atoms with Crippen LogP contribution in [-0.2, 0) is 0 Å². The second-order valence-electron chi connectivity index (χ2n) is 7.34. The summed E-state index contributed by atoms with van der Waals surface area (Å²) >= 11 is 0. The number of hydrogen-bond acceptors (Lipinski definition) is 4. The first kappa shape index (κ1) is 20.3. The van der Waals surface area contributed by atoms with Gasteiger partial charge in [0.15, 0.2) is 11.6 Å². The summed E-state index contributed by atoms with van der Waals surface area (Å²) in [6.07, 6.45) is 1.59. The topological polar surface area (TPSA) is 86.9 Å². The maximum absolute atomic E-state index is 13.9. The van der Waals surface area contributed by atoms with E-state index in [2.05, 4.69) is 20.6 Å².